The largest absolute Gasteiger partial charge is 0.664 e. The summed E-state index contributed by atoms with van der Waals surface area (Å²) in [4.78, 5) is 179. The average Bonchev–Trinajstić information content (AvgIpc) is 0.962. The van der Waals surface area contributed by atoms with Crippen LogP contribution in [0.25, 0.3) is 5.73 Å². The minimum atomic E-state index is -0.971. The van der Waals surface area contributed by atoms with Crippen LogP contribution in [0.4, 0.5) is 0 Å². The van der Waals surface area contributed by atoms with Gasteiger partial charge in [0.15, 0.2) is 0 Å². The van der Waals surface area contributed by atoms with Crippen LogP contribution in [-0.4, -0.2) is 141 Å². The summed E-state index contributed by atoms with van der Waals surface area (Å²) in [6.07, 6.45) is 14.2. The van der Waals surface area contributed by atoms with Gasteiger partial charge < -0.3 is 52.5 Å². The maximum Gasteiger partial charge on any atom is 0.337 e. The number of Topliss-reactive ketones (excluding diaryl/α,β-unsaturated/α-hetero) is 6. The van der Waals surface area contributed by atoms with Crippen molar-refractivity contribution in [1.82, 2.24) is 37.2 Å². The molecular formula is C71H101N8O16W-. The second kappa shape index (κ2) is 51.9. The molecule has 8 N–H and O–H groups in total. The predicted molar refractivity (Wildman–Crippen MR) is 362 cm³/mol. The van der Waals surface area contributed by atoms with Crippen LogP contribution in [0.1, 0.15) is 289 Å². The van der Waals surface area contributed by atoms with Crippen molar-refractivity contribution in [3.05, 3.63) is 110 Å². The van der Waals surface area contributed by atoms with Crippen LogP contribution in [0.15, 0.2) is 54.6 Å². The number of benzene rings is 3. The van der Waals surface area contributed by atoms with Crippen molar-refractivity contribution >= 4 is 87.9 Å². The normalized spacial score (nSPS) is 10.2. The van der Waals surface area contributed by atoms with Crippen LogP contribution in [0.3, 0.4) is 0 Å². The van der Waals surface area contributed by atoms with Crippen molar-refractivity contribution in [2.75, 3.05) is 53.4 Å². The molecule has 0 radical (unpaired) electrons. The van der Waals surface area contributed by atoms with E-state index in [4.69, 9.17) is 5.73 Å². The third-order valence-electron chi connectivity index (χ3n) is 14.9. The van der Waals surface area contributed by atoms with Crippen LogP contribution in [0.2, 0.25) is 0 Å². The molecule has 0 bridgehead atoms. The first-order chi connectivity index (χ1) is 45.4. The number of methoxy groups -OCH3 is 1. The minimum absolute atomic E-state index is 0. The van der Waals surface area contributed by atoms with Gasteiger partial charge in [0.05, 0.1) is 18.6 Å². The molecule has 0 aliphatic heterocycles. The smallest absolute Gasteiger partial charge is 0.337 e. The summed E-state index contributed by atoms with van der Waals surface area (Å²) in [7, 11) is 2.62. The van der Waals surface area contributed by atoms with Gasteiger partial charge >= 0.3 is 5.97 Å². The second-order valence-corrected chi connectivity index (χ2v) is 22.4. The number of amides is 8. The Balaban J connectivity index is 0.00000151. The molecule has 0 fully saturated rings. The van der Waals surface area contributed by atoms with E-state index in [1.54, 1.807) is 20.8 Å². The van der Waals surface area contributed by atoms with Gasteiger partial charge in [-0.15, -0.1) is 0 Å². The second-order valence-electron chi connectivity index (χ2n) is 22.4. The predicted octanol–water partition coefficient (Wildman–Crippen LogP) is 9.67. The van der Waals surface area contributed by atoms with Crippen molar-refractivity contribution < 1.29 is 97.7 Å². The van der Waals surface area contributed by atoms with Crippen molar-refractivity contribution in [3.8, 4) is 0 Å². The van der Waals surface area contributed by atoms with Gasteiger partial charge in [-0.1, -0.05) is 60.8 Å². The summed E-state index contributed by atoms with van der Waals surface area (Å²) in [6, 6.07) is 12.5. The fourth-order valence-electron chi connectivity index (χ4n) is 8.92. The van der Waals surface area contributed by atoms with E-state index in [1.165, 1.54) is 68.8 Å². The van der Waals surface area contributed by atoms with Crippen molar-refractivity contribution in [2.24, 2.45) is 0 Å². The monoisotopic (exact) mass is 1510 g/mol. The van der Waals surface area contributed by atoms with Crippen LogP contribution >= 0.6 is 0 Å². The molecule has 0 saturated heterocycles. The van der Waals surface area contributed by atoms with Crippen molar-refractivity contribution in [3.63, 3.8) is 0 Å². The molecule has 0 heterocycles. The maximum absolute atomic E-state index is 12.9. The number of ketones is 6. The number of hydrogen-bond acceptors (Lipinski definition) is 16. The van der Waals surface area contributed by atoms with Crippen LogP contribution < -0.4 is 37.2 Å². The number of nitrogens with one attached hydrogen (secondary N) is 8. The number of carbonyl (C=O) groups is 15. The maximum atomic E-state index is 12.9. The van der Waals surface area contributed by atoms with E-state index in [-0.39, 0.29) is 124 Å². The number of rotatable bonds is 45. The average molecular weight is 1510 g/mol. The summed E-state index contributed by atoms with van der Waals surface area (Å²) >= 11 is 0. The first-order valence-electron chi connectivity index (χ1n) is 33.2. The third kappa shape index (κ3) is 37.6. The van der Waals surface area contributed by atoms with Crippen LogP contribution in [-0.2, 0) is 54.6 Å². The van der Waals surface area contributed by atoms with Crippen LogP contribution in [0, 0.1) is 0 Å². The van der Waals surface area contributed by atoms with Gasteiger partial charge in [-0.25, -0.2) is 4.79 Å². The first kappa shape index (κ1) is 87.6. The van der Waals surface area contributed by atoms with Gasteiger partial charge in [0.2, 0.25) is 0 Å². The molecule has 3 aromatic carbocycles. The summed E-state index contributed by atoms with van der Waals surface area (Å²) < 4.78 is 4.50. The molecule has 24 nitrogen and oxygen atoms in total. The molecule has 0 aliphatic carbocycles. The van der Waals surface area contributed by atoms with E-state index in [1.807, 2.05) is 20.8 Å². The summed E-state index contributed by atoms with van der Waals surface area (Å²) in [5.74, 6) is -3.51. The van der Waals surface area contributed by atoms with E-state index in [0.29, 0.717) is 136 Å². The standard InChI is InChI=1S/C33H51N3O6.C27H39N3O6.C11H12N2O4.W/c1-4-28(37)16-10-7-13-19-34-31(40)25-22-26(32(41)35-20-14-8-11-17-29(38)5-2)24-27(23-25)33(42)36-21-15-9-12-18-30(39)6-3;1-4-22(31)10-7-13-28-25(34)19-16-20(26(35)29-14-8-11-23(32)5-2)18-21(17-19)27(36)30-15-9-12-24(33)6-3;1-13-10(15)7-3-6(9(12)14)4-8(5-7)11(16)17-2;/h22-24H,4-21H2,1-3H3,(H,34,40)(H,35,41)(H,36,42);16-18H,4-15H2,1-3H3,(H,28,34)(H,29,35)(H,30,36);3-5H,1-2H3,(H3,12,13,14,15);/p-1. The molecule has 8 amide bonds. The van der Waals surface area contributed by atoms with Gasteiger partial charge in [0.1, 0.15) is 34.7 Å². The Morgan fingerprint density at radius 2 is 0.490 bits per heavy atom. The van der Waals surface area contributed by atoms with Gasteiger partial charge in [-0.2, -0.15) is 0 Å². The molecule has 0 saturated carbocycles. The fourth-order valence-corrected chi connectivity index (χ4v) is 8.92. The molecule has 3 rings (SSSR count). The van der Waals surface area contributed by atoms with Crippen LogP contribution in [0.5, 0.6) is 0 Å². The van der Waals surface area contributed by atoms with Gasteiger partial charge in [-0.3, -0.25) is 62.3 Å². The van der Waals surface area contributed by atoms with Gasteiger partial charge in [-0.05, 0) is 112 Å². The van der Waals surface area contributed by atoms with Crippen molar-refractivity contribution in [1.29, 1.82) is 0 Å². The summed E-state index contributed by atoms with van der Waals surface area (Å²) in [5.41, 5.74) is 8.27. The summed E-state index contributed by atoms with van der Waals surface area (Å²) in [6.45, 7) is 13.1. The van der Waals surface area contributed by atoms with E-state index in [0.717, 1.165) is 57.8 Å². The van der Waals surface area contributed by atoms with Gasteiger partial charge in [0.25, 0.3) is 41.4 Å². The SMILES string of the molecule is CCC(=O)CCCCCNC(=O)c1cc(C(=O)NCCCCCC(=O)CC)cc(C(=O)NCCCCCC(=O)CC)c1.CCC(=O)CCCNC(=O)c1cc(C(=O)NCCCC(=O)CC)cc(C(=O)NCCCC(=O)CC)c1.CNC(=O)c1cc(C([NH-])=O)cc(C(=O)OC)c1.[W]. The quantitative estimate of drug-likeness (QED) is 0.0204. The Hall–Kier alpha value is -8.40. The molecule has 0 aliphatic rings. The first-order valence-corrected chi connectivity index (χ1v) is 33.2. The molecule has 0 aromatic heterocycles. The number of hydrogen-bond donors (Lipinski definition) is 7. The van der Waals surface area contributed by atoms with E-state index < -0.39 is 35.5 Å². The fraction of sp³-hybridized carbons (Fsp3) is 0.535. The van der Waals surface area contributed by atoms with Gasteiger partial charge in [0, 0.05) is 189 Å². The Labute approximate surface area is 579 Å². The minimum Gasteiger partial charge on any atom is -0.664 e. The summed E-state index contributed by atoms with van der Waals surface area (Å²) in [5, 5.41) is 19.1. The zero-order valence-corrected chi connectivity index (χ0v) is 60.3. The number of esters is 1. The van der Waals surface area contributed by atoms with E-state index in [9.17, 15) is 71.9 Å². The Bertz CT molecular complexity index is 2790. The molecule has 528 valence electrons. The molecular weight excluding hydrogens is 1400 g/mol. The third-order valence-corrected chi connectivity index (χ3v) is 14.9. The molecule has 0 atom stereocenters. The Morgan fingerprint density at radius 1 is 0.292 bits per heavy atom. The zero-order chi connectivity index (χ0) is 71.1. The zero-order valence-electron chi connectivity index (χ0n) is 57.3. The number of ether oxygens (including phenoxy) is 1. The van der Waals surface area contributed by atoms with E-state index >= 15 is 0 Å². The molecule has 3 aromatic rings. The molecule has 0 unspecified atom stereocenters. The van der Waals surface area contributed by atoms with E-state index in [2.05, 4.69) is 42.0 Å². The Morgan fingerprint density at radius 3 is 0.708 bits per heavy atom. The number of unbranched alkanes of at least 4 members (excludes halogenated alkanes) is 6. The molecule has 25 heteroatoms. The number of carbonyl (C=O) groups excluding carboxylic acids is 15. The topological polar surface area (TPSA) is 373 Å². The van der Waals surface area contributed by atoms with Crippen molar-refractivity contribution in [2.45, 2.75) is 196 Å². The molecule has 0 spiro atoms. The molecule has 96 heavy (non-hydrogen) atoms. The Kier molecular flexibility index (Phi) is 47.3.